The second-order valence-corrected chi connectivity index (χ2v) is 7.35. The highest BCUT2D eigenvalue weighted by Crippen LogP contribution is 2.19. The van der Waals surface area contributed by atoms with Crippen molar-refractivity contribution in [2.75, 3.05) is 13.7 Å². The second kappa shape index (κ2) is 11.0. The fraction of sp³-hybridized carbons (Fsp3) is 0.280. The largest absolute Gasteiger partial charge is 0.496 e. The molecular formula is C25H30N4O2. The summed E-state index contributed by atoms with van der Waals surface area (Å²) in [6.07, 6.45) is 1.80. The number of rotatable bonds is 8. The minimum absolute atomic E-state index is 0.00254. The number of methoxy groups -OCH3 is 1. The molecule has 31 heavy (non-hydrogen) atoms. The molecule has 162 valence electrons. The van der Waals surface area contributed by atoms with E-state index in [2.05, 4.69) is 41.8 Å². The average molecular weight is 419 g/mol. The van der Waals surface area contributed by atoms with E-state index in [1.807, 2.05) is 31.2 Å². The standard InChI is InChI=1S/C25H30N4O2/c1-4-26-25(28-17-22-13-8-19(2)15-23(22)31-3)27-16-20-9-11-21(12-10-20)18-29-14-6-5-7-24(29)30/h5-15H,4,16-18H2,1-3H3,(H2,26,27,28). The van der Waals surface area contributed by atoms with Gasteiger partial charge in [0.05, 0.1) is 20.2 Å². The quantitative estimate of drug-likeness (QED) is 0.434. The van der Waals surface area contributed by atoms with Gasteiger partial charge in [-0.2, -0.15) is 0 Å². The van der Waals surface area contributed by atoms with E-state index in [0.717, 1.165) is 34.9 Å². The minimum Gasteiger partial charge on any atom is -0.496 e. The molecule has 0 saturated carbocycles. The first-order valence-corrected chi connectivity index (χ1v) is 10.5. The molecule has 3 aromatic rings. The van der Waals surface area contributed by atoms with Crippen molar-refractivity contribution in [2.45, 2.75) is 33.5 Å². The highest BCUT2D eigenvalue weighted by Gasteiger charge is 2.05. The van der Waals surface area contributed by atoms with Crippen LogP contribution in [0.1, 0.15) is 29.2 Å². The van der Waals surface area contributed by atoms with Crippen molar-refractivity contribution in [3.63, 3.8) is 0 Å². The van der Waals surface area contributed by atoms with Gasteiger partial charge < -0.3 is 19.9 Å². The maximum Gasteiger partial charge on any atom is 0.250 e. The molecule has 0 saturated heterocycles. The van der Waals surface area contributed by atoms with Crippen molar-refractivity contribution < 1.29 is 4.74 Å². The van der Waals surface area contributed by atoms with E-state index in [-0.39, 0.29) is 5.56 Å². The van der Waals surface area contributed by atoms with Crippen molar-refractivity contribution in [1.82, 2.24) is 15.2 Å². The highest BCUT2D eigenvalue weighted by atomic mass is 16.5. The van der Waals surface area contributed by atoms with Gasteiger partial charge in [-0.05, 0) is 42.7 Å². The molecule has 0 atom stereocenters. The topological polar surface area (TPSA) is 67.7 Å². The van der Waals surface area contributed by atoms with Crippen molar-refractivity contribution in [3.05, 3.63) is 99.5 Å². The maximum absolute atomic E-state index is 11.9. The third kappa shape index (κ3) is 6.47. The predicted molar refractivity (Wildman–Crippen MR) is 126 cm³/mol. The third-order valence-corrected chi connectivity index (χ3v) is 4.93. The van der Waals surface area contributed by atoms with Gasteiger partial charge in [-0.25, -0.2) is 4.99 Å². The van der Waals surface area contributed by atoms with Crippen LogP contribution >= 0.6 is 0 Å². The first-order chi connectivity index (χ1) is 15.1. The molecule has 6 nitrogen and oxygen atoms in total. The van der Waals surface area contributed by atoms with Crippen LogP contribution in [0.25, 0.3) is 0 Å². The molecule has 0 bridgehead atoms. The molecule has 0 aliphatic heterocycles. The van der Waals surface area contributed by atoms with Crippen LogP contribution < -0.4 is 20.9 Å². The monoisotopic (exact) mass is 418 g/mol. The van der Waals surface area contributed by atoms with Crippen molar-refractivity contribution in [1.29, 1.82) is 0 Å². The number of hydrogen-bond acceptors (Lipinski definition) is 3. The molecule has 1 heterocycles. The van der Waals surface area contributed by atoms with Crippen LogP contribution in [0.5, 0.6) is 5.75 Å². The van der Waals surface area contributed by atoms with Gasteiger partial charge in [-0.15, -0.1) is 0 Å². The Kier molecular flexibility index (Phi) is 7.87. The lowest BCUT2D eigenvalue weighted by Gasteiger charge is -2.14. The van der Waals surface area contributed by atoms with Crippen LogP contribution in [0.2, 0.25) is 0 Å². The summed E-state index contributed by atoms with van der Waals surface area (Å²) in [5.41, 5.74) is 4.44. The predicted octanol–water partition coefficient (Wildman–Crippen LogP) is 3.47. The third-order valence-electron chi connectivity index (χ3n) is 4.93. The van der Waals surface area contributed by atoms with Crippen LogP contribution in [0, 0.1) is 6.92 Å². The second-order valence-electron chi connectivity index (χ2n) is 7.35. The number of guanidine groups is 1. The van der Waals surface area contributed by atoms with E-state index in [1.165, 1.54) is 5.56 Å². The molecule has 0 aliphatic rings. The van der Waals surface area contributed by atoms with Gasteiger partial charge in [0, 0.05) is 30.9 Å². The van der Waals surface area contributed by atoms with Gasteiger partial charge >= 0.3 is 0 Å². The van der Waals surface area contributed by atoms with Crippen molar-refractivity contribution >= 4 is 5.96 Å². The molecule has 0 radical (unpaired) electrons. The lowest BCUT2D eigenvalue weighted by atomic mass is 10.1. The number of nitrogens with one attached hydrogen (secondary N) is 2. The summed E-state index contributed by atoms with van der Waals surface area (Å²) in [6.45, 7) is 6.62. The SMILES string of the molecule is CCNC(=NCc1ccc(Cn2ccccc2=O)cc1)NCc1ccc(C)cc1OC. The van der Waals surface area contributed by atoms with Crippen molar-refractivity contribution in [2.24, 2.45) is 4.99 Å². The summed E-state index contributed by atoms with van der Waals surface area (Å²) in [4.78, 5) is 16.6. The number of aromatic nitrogens is 1. The summed E-state index contributed by atoms with van der Waals surface area (Å²) < 4.78 is 7.18. The van der Waals surface area contributed by atoms with E-state index < -0.39 is 0 Å². The number of hydrogen-bond donors (Lipinski definition) is 2. The van der Waals surface area contributed by atoms with E-state index >= 15 is 0 Å². The smallest absolute Gasteiger partial charge is 0.250 e. The Morgan fingerprint density at radius 3 is 2.52 bits per heavy atom. The number of nitrogens with zero attached hydrogens (tertiary/aromatic N) is 2. The summed E-state index contributed by atoms with van der Waals surface area (Å²) in [5.74, 6) is 1.63. The van der Waals surface area contributed by atoms with Gasteiger partial charge in [0.2, 0.25) is 0 Å². The van der Waals surface area contributed by atoms with Gasteiger partial charge in [-0.3, -0.25) is 4.79 Å². The van der Waals surface area contributed by atoms with Gasteiger partial charge in [0.25, 0.3) is 5.56 Å². The summed E-state index contributed by atoms with van der Waals surface area (Å²) >= 11 is 0. The molecule has 0 spiro atoms. The minimum atomic E-state index is 0.00254. The van der Waals surface area contributed by atoms with Gasteiger partial charge in [0.15, 0.2) is 5.96 Å². The Balaban J connectivity index is 1.62. The van der Waals surface area contributed by atoms with E-state index in [4.69, 9.17) is 9.73 Å². The molecule has 1 aromatic heterocycles. The molecule has 0 fully saturated rings. The van der Waals surface area contributed by atoms with Crippen LogP contribution in [0.15, 0.2) is 76.6 Å². The molecular weight excluding hydrogens is 388 g/mol. The molecule has 2 aromatic carbocycles. The van der Waals surface area contributed by atoms with Gasteiger partial charge in [0.1, 0.15) is 5.75 Å². The highest BCUT2D eigenvalue weighted by molar-refractivity contribution is 5.79. The molecule has 2 N–H and O–H groups in total. The maximum atomic E-state index is 11.9. The molecule has 0 unspecified atom stereocenters. The molecule has 0 amide bonds. The Morgan fingerprint density at radius 2 is 1.81 bits per heavy atom. The zero-order valence-electron chi connectivity index (χ0n) is 18.4. The fourth-order valence-electron chi connectivity index (χ4n) is 3.23. The first-order valence-electron chi connectivity index (χ1n) is 10.5. The number of aryl methyl sites for hydroxylation is 1. The first kappa shape index (κ1) is 22.2. The molecule has 3 rings (SSSR count). The number of pyridine rings is 1. The Hall–Kier alpha value is -3.54. The average Bonchev–Trinajstić information content (AvgIpc) is 2.78. The van der Waals surface area contributed by atoms with Crippen LogP contribution in [0.4, 0.5) is 0 Å². The lowest BCUT2D eigenvalue weighted by molar-refractivity contribution is 0.408. The number of aliphatic imine (C=N–C) groups is 1. The van der Waals surface area contributed by atoms with E-state index in [0.29, 0.717) is 19.6 Å². The Labute approximate surface area is 183 Å². The van der Waals surface area contributed by atoms with Crippen LogP contribution in [-0.2, 0) is 19.6 Å². The zero-order chi connectivity index (χ0) is 22.1. The normalized spacial score (nSPS) is 11.3. The zero-order valence-corrected chi connectivity index (χ0v) is 18.4. The van der Waals surface area contributed by atoms with Crippen molar-refractivity contribution in [3.8, 4) is 5.75 Å². The Morgan fingerprint density at radius 1 is 1.03 bits per heavy atom. The Bertz CT molecular complexity index is 1070. The summed E-state index contributed by atoms with van der Waals surface area (Å²) in [5, 5.41) is 6.65. The van der Waals surface area contributed by atoms with E-state index in [9.17, 15) is 4.79 Å². The van der Waals surface area contributed by atoms with Crippen LogP contribution in [0.3, 0.4) is 0 Å². The fourth-order valence-corrected chi connectivity index (χ4v) is 3.23. The van der Waals surface area contributed by atoms with Gasteiger partial charge in [-0.1, -0.05) is 42.5 Å². The van der Waals surface area contributed by atoms with E-state index in [1.54, 1.807) is 30.0 Å². The molecule has 6 heteroatoms. The summed E-state index contributed by atoms with van der Waals surface area (Å²) in [7, 11) is 1.69. The molecule has 0 aliphatic carbocycles. The lowest BCUT2D eigenvalue weighted by Crippen LogP contribution is -2.36. The number of benzene rings is 2. The number of ether oxygens (including phenoxy) is 1. The van der Waals surface area contributed by atoms with Crippen LogP contribution in [-0.4, -0.2) is 24.2 Å². The summed E-state index contributed by atoms with van der Waals surface area (Å²) in [6, 6.07) is 19.6.